The Morgan fingerprint density at radius 2 is 1.82 bits per heavy atom. The molecule has 0 saturated carbocycles. The fourth-order valence-corrected chi connectivity index (χ4v) is 2.57. The molecule has 1 aromatic rings. The van der Waals surface area contributed by atoms with Crippen LogP contribution in [0.25, 0.3) is 0 Å². The van der Waals surface area contributed by atoms with Gasteiger partial charge in [-0.25, -0.2) is 4.98 Å². The summed E-state index contributed by atoms with van der Waals surface area (Å²) < 4.78 is 0. The number of hydrogen-bond acceptors (Lipinski definition) is 4. The first kappa shape index (κ1) is 14.2. The molecule has 1 rings (SSSR count). The fraction of sp³-hybridized carbons (Fsp3) is 0.692. The molecule has 0 bridgehead atoms. The van der Waals surface area contributed by atoms with Crippen LogP contribution in [0.3, 0.4) is 0 Å². The highest BCUT2D eigenvalue weighted by Crippen LogP contribution is 2.22. The van der Waals surface area contributed by atoms with E-state index in [4.69, 9.17) is 0 Å². The van der Waals surface area contributed by atoms with Crippen LogP contribution in [0.5, 0.6) is 0 Å². The van der Waals surface area contributed by atoms with E-state index in [1.54, 1.807) is 18.3 Å². The van der Waals surface area contributed by atoms with E-state index >= 15 is 0 Å². The standard InChI is InChI=1S/C13H22N2OS/c1-9(2)6-15(7-10(3)4)13-14-12(8-17-13)11(5)16/h8-10H,6-7H2,1-5H3. The van der Waals surface area contributed by atoms with Crippen molar-refractivity contribution in [1.29, 1.82) is 0 Å². The molecule has 0 N–H and O–H groups in total. The highest BCUT2D eigenvalue weighted by Gasteiger charge is 2.15. The number of aromatic nitrogens is 1. The van der Waals surface area contributed by atoms with Crippen molar-refractivity contribution in [3.63, 3.8) is 0 Å². The zero-order valence-corrected chi connectivity index (χ0v) is 12.2. The molecule has 0 aliphatic rings. The molecule has 3 nitrogen and oxygen atoms in total. The molecule has 0 aromatic carbocycles. The van der Waals surface area contributed by atoms with Gasteiger partial charge in [0.2, 0.25) is 0 Å². The normalized spacial score (nSPS) is 11.2. The molecule has 0 radical (unpaired) electrons. The molecule has 0 saturated heterocycles. The van der Waals surface area contributed by atoms with Crippen LogP contribution >= 0.6 is 11.3 Å². The maximum absolute atomic E-state index is 11.3. The van der Waals surface area contributed by atoms with E-state index in [9.17, 15) is 4.79 Å². The monoisotopic (exact) mass is 254 g/mol. The largest absolute Gasteiger partial charge is 0.348 e. The van der Waals surface area contributed by atoms with Gasteiger partial charge < -0.3 is 4.90 Å². The Morgan fingerprint density at radius 1 is 1.29 bits per heavy atom. The Balaban J connectivity index is 2.83. The smallest absolute Gasteiger partial charge is 0.185 e. The lowest BCUT2D eigenvalue weighted by molar-refractivity contribution is 0.101. The van der Waals surface area contributed by atoms with Gasteiger partial charge in [0.25, 0.3) is 0 Å². The first-order valence-corrected chi connectivity index (χ1v) is 6.99. The van der Waals surface area contributed by atoms with Gasteiger partial charge in [0, 0.05) is 25.4 Å². The maximum Gasteiger partial charge on any atom is 0.185 e. The number of Topliss-reactive ketones (excluding diaryl/α,β-unsaturated/α-hetero) is 1. The van der Waals surface area contributed by atoms with Gasteiger partial charge in [-0.15, -0.1) is 11.3 Å². The van der Waals surface area contributed by atoms with Crippen LogP contribution in [-0.2, 0) is 0 Å². The maximum atomic E-state index is 11.3. The summed E-state index contributed by atoms with van der Waals surface area (Å²) in [6, 6.07) is 0. The number of ketones is 1. The summed E-state index contributed by atoms with van der Waals surface area (Å²) in [6.07, 6.45) is 0. The van der Waals surface area contributed by atoms with Gasteiger partial charge in [-0.2, -0.15) is 0 Å². The Morgan fingerprint density at radius 3 is 2.18 bits per heavy atom. The fourth-order valence-electron chi connectivity index (χ4n) is 1.68. The van der Waals surface area contributed by atoms with E-state index in [1.165, 1.54) is 0 Å². The second-order valence-electron chi connectivity index (χ2n) is 5.26. The van der Waals surface area contributed by atoms with E-state index in [1.807, 2.05) is 5.38 Å². The zero-order valence-electron chi connectivity index (χ0n) is 11.4. The molecule has 0 unspecified atom stereocenters. The first-order valence-electron chi connectivity index (χ1n) is 6.11. The summed E-state index contributed by atoms with van der Waals surface area (Å²) in [7, 11) is 0. The van der Waals surface area contributed by atoms with Crippen LogP contribution in [0.15, 0.2) is 5.38 Å². The molecule has 17 heavy (non-hydrogen) atoms. The third-order valence-electron chi connectivity index (χ3n) is 2.29. The van der Waals surface area contributed by atoms with Crippen molar-refractivity contribution in [2.45, 2.75) is 34.6 Å². The number of carbonyl (C=O) groups excluding carboxylic acids is 1. The molecule has 1 heterocycles. The molecular formula is C13H22N2OS. The van der Waals surface area contributed by atoms with Crippen molar-refractivity contribution < 1.29 is 4.79 Å². The zero-order chi connectivity index (χ0) is 13.0. The molecule has 0 aliphatic heterocycles. The highest BCUT2D eigenvalue weighted by molar-refractivity contribution is 7.13. The van der Waals surface area contributed by atoms with Crippen LogP contribution in [0.2, 0.25) is 0 Å². The molecule has 4 heteroatoms. The van der Waals surface area contributed by atoms with E-state index < -0.39 is 0 Å². The molecule has 0 spiro atoms. The summed E-state index contributed by atoms with van der Waals surface area (Å²) in [4.78, 5) is 17.9. The van der Waals surface area contributed by atoms with Crippen LogP contribution in [-0.4, -0.2) is 23.9 Å². The molecule has 0 aliphatic carbocycles. The van der Waals surface area contributed by atoms with Crippen molar-refractivity contribution in [2.24, 2.45) is 11.8 Å². The van der Waals surface area contributed by atoms with E-state index in [0.717, 1.165) is 18.2 Å². The second-order valence-corrected chi connectivity index (χ2v) is 6.10. The lowest BCUT2D eigenvalue weighted by atomic mass is 10.1. The van der Waals surface area contributed by atoms with Crippen LogP contribution in [0.1, 0.15) is 45.1 Å². The SMILES string of the molecule is CC(=O)c1csc(N(CC(C)C)CC(C)C)n1. The molecular weight excluding hydrogens is 232 g/mol. The van der Waals surface area contributed by atoms with Gasteiger partial charge in [0.1, 0.15) is 5.69 Å². The van der Waals surface area contributed by atoms with Crippen LogP contribution in [0.4, 0.5) is 5.13 Å². The van der Waals surface area contributed by atoms with Crippen molar-refractivity contribution in [3.8, 4) is 0 Å². The Labute approximate surface area is 108 Å². The van der Waals surface area contributed by atoms with Crippen LogP contribution in [0, 0.1) is 11.8 Å². The van der Waals surface area contributed by atoms with Gasteiger partial charge in [0.15, 0.2) is 10.9 Å². The summed E-state index contributed by atoms with van der Waals surface area (Å²) in [5.41, 5.74) is 0.586. The molecule has 0 amide bonds. The van der Waals surface area contributed by atoms with Gasteiger partial charge >= 0.3 is 0 Å². The van der Waals surface area contributed by atoms with Gasteiger partial charge in [-0.1, -0.05) is 27.7 Å². The number of hydrogen-bond donors (Lipinski definition) is 0. The van der Waals surface area contributed by atoms with E-state index in [0.29, 0.717) is 17.5 Å². The van der Waals surface area contributed by atoms with Crippen molar-refractivity contribution in [1.82, 2.24) is 4.98 Å². The summed E-state index contributed by atoms with van der Waals surface area (Å²) >= 11 is 1.56. The minimum atomic E-state index is 0.0431. The Hall–Kier alpha value is -0.900. The van der Waals surface area contributed by atoms with Gasteiger partial charge in [-0.3, -0.25) is 4.79 Å². The average molecular weight is 254 g/mol. The molecule has 0 fully saturated rings. The van der Waals surface area contributed by atoms with Crippen molar-refractivity contribution >= 4 is 22.3 Å². The summed E-state index contributed by atoms with van der Waals surface area (Å²) in [6.45, 7) is 12.3. The van der Waals surface area contributed by atoms with E-state index in [-0.39, 0.29) is 5.78 Å². The number of rotatable bonds is 6. The summed E-state index contributed by atoms with van der Waals surface area (Å²) in [5, 5.41) is 2.82. The third-order valence-corrected chi connectivity index (χ3v) is 3.20. The van der Waals surface area contributed by atoms with Crippen molar-refractivity contribution in [2.75, 3.05) is 18.0 Å². The molecule has 1 aromatic heterocycles. The minimum absolute atomic E-state index is 0.0431. The topological polar surface area (TPSA) is 33.2 Å². The number of carbonyl (C=O) groups is 1. The van der Waals surface area contributed by atoms with Gasteiger partial charge in [0.05, 0.1) is 0 Å². The molecule has 96 valence electrons. The Kier molecular flexibility index (Phi) is 5.12. The number of anilines is 1. The first-order chi connectivity index (χ1) is 7.90. The average Bonchev–Trinajstić information content (AvgIpc) is 2.63. The second kappa shape index (κ2) is 6.15. The highest BCUT2D eigenvalue weighted by atomic mass is 32.1. The number of thiazole rings is 1. The minimum Gasteiger partial charge on any atom is -0.348 e. The quantitative estimate of drug-likeness (QED) is 0.729. The lowest BCUT2D eigenvalue weighted by Crippen LogP contribution is -2.31. The predicted molar refractivity (Wildman–Crippen MR) is 74.0 cm³/mol. The van der Waals surface area contributed by atoms with Gasteiger partial charge in [-0.05, 0) is 11.8 Å². The van der Waals surface area contributed by atoms with E-state index in [2.05, 4.69) is 37.6 Å². The lowest BCUT2D eigenvalue weighted by Gasteiger charge is -2.25. The number of nitrogens with zero attached hydrogens (tertiary/aromatic N) is 2. The van der Waals surface area contributed by atoms with Crippen molar-refractivity contribution in [3.05, 3.63) is 11.1 Å². The predicted octanol–water partition coefficient (Wildman–Crippen LogP) is 3.46. The third kappa shape index (κ3) is 4.46. The Bertz CT molecular complexity index is 361. The summed E-state index contributed by atoms with van der Waals surface area (Å²) in [5.74, 6) is 1.23. The van der Waals surface area contributed by atoms with Crippen LogP contribution < -0.4 is 4.90 Å². The molecule has 0 atom stereocenters.